The summed E-state index contributed by atoms with van der Waals surface area (Å²) in [6.45, 7) is 8.46. The first-order chi connectivity index (χ1) is 7.60. The van der Waals surface area contributed by atoms with Crippen molar-refractivity contribution in [3.05, 3.63) is 12.2 Å². The zero-order valence-electron chi connectivity index (χ0n) is 10.3. The average Bonchev–Trinajstić information content (AvgIpc) is 2.50. The van der Waals surface area contributed by atoms with E-state index in [0.29, 0.717) is 18.0 Å². The minimum absolute atomic E-state index is 0.0788. The number of imide groups is 1. The molecule has 3 heteroatoms. The van der Waals surface area contributed by atoms with Crippen LogP contribution in [0.5, 0.6) is 0 Å². The Labute approximate surface area is 97.5 Å². The lowest BCUT2D eigenvalue weighted by atomic mass is 9.99. The van der Waals surface area contributed by atoms with E-state index in [1.165, 1.54) is 4.90 Å². The molecule has 1 aliphatic heterocycles. The Hall–Kier alpha value is -1.12. The Morgan fingerprint density at radius 3 is 2.50 bits per heavy atom. The summed E-state index contributed by atoms with van der Waals surface area (Å²) in [4.78, 5) is 24.6. The molecule has 0 radical (unpaired) electrons. The molecular weight excluding hydrogens is 202 g/mol. The van der Waals surface area contributed by atoms with Crippen LogP contribution in [0.15, 0.2) is 12.2 Å². The van der Waals surface area contributed by atoms with E-state index in [0.717, 1.165) is 25.7 Å². The van der Waals surface area contributed by atoms with Crippen LogP contribution in [0.4, 0.5) is 0 Å². The first-order valence-electron chi connectivity index (χ1n) is 6.12. The van der Waals surface area contributed by atoms with Gasteiger partial charge in [-0.2, -0.15) is 0 Å². The molecule has 0 aromatic carbocycles. The van der Waals surface area contributed by atoms with Gasteiger partial charge >= 0.3 is 0 Å². The van der Waals surface area contributed by atoms with Crippen molar-refractivity contribution < 1.29 is 9.59 Å². The van der Waals surface area contributed by atoms with Crippen molar-refractivity contribution in [3.8, 4) is 0 Å². The summed E-state index contributed by atoms with van der Waals surface area (Å²) in [6.07, 6.45) is 4.64. The van der Waals surface area contributed by atoms with E-state index < -0.39 is 0 Å². The zero-order chi connectivity index (χ0) is 12.1. The van der Waals surface area contributed by atoms with Crippen LogP contribution in [-0.2, 0) is 9.59 Å². The molecular formula is C13H21NO2. The van der Waals surface area contributed by atoms with Gasteiger partial charge in [-0.3, -0.25) is 14.5 Å². The lowest BCUT2D eigenvalue weighted by Gasteiger charge is -2.21. The molecule has 0 N–H and O–H groups in total. The molecule has 0 aromatic rings. The molecule has 1 unspecified atom stereocenters. The first kappa shape index (κ1) is 12.9. The van der Waals surface area contributed by atoms with E-state index in [2.05, 4.69) is 20.4 Å². The van der Waals surface area contributed by atoms with Gasteiger partial charge in [0, 0.05) is 12.1 Å². The highest BCUT2D eigenvalue weighted by molar-refractivity contribution is 6.12. The van der Waals surface area contributed by atoms with Crippen molar-refractivity contribution >= 4 is 11.8 Å². The van der Waals surface area contributed by atoms with Gasteiger partial charge < -0.3 is 0 Å². The molecule has 1 atom stereocenters. The molecule has 0 spiro atoms. The second kappa shape index (κ2) is 5.83. The third kappa shape index (κ3) is 2.94. The molecule has 1 heterocycles. The zero-order valence-corrected chi connectivity index (χ0v) is 10.3. The monoisotopic (exact) mass is 223 g/mol. The van der Waals surface area contributed by atoms with Gasteiger partial charge in [-0.1, -0.05) is 39.7 Å². The number of hydrogen-bond acceptors (Lipinski definition) is 2. The van der Waals surface area contributed by atoms with Gasteiger partial charge in [-0.15, -0.1) is 0 Å². The third-order valence-corrected chi connectivity index (χ3v) is 3.20. The highest BCUT2D eigenvalue weighted by Gasteiger charge is 2.33. The van der Waals surface area contributed by atoms with Crippen molar-refractivity contribution in [2.24, 2.45) is 5.92 Å². The van der Waals surface area contributed by atoms with Gasteiger partial charge in [0.2, 0.25) is 5.91 Å². The molecule has 0 aliphatic carbocycles. The smallest absolute Gasteiger partial charge is 0.256 e. The van der Waals surface area contributed by atoms with Gasteiger partial charge in [0.05, 0.1) is 6.42 Å². The first-order valence-corrected chi connectivity index (χ1v) is 6.12. The van der Waals surface area contributed by atoms with Crippen LogP contribution in [0.1, 0.15) is 46.0 Å². The number of carbonyl (C=O) groups excluding carboxylic acids is 2. The van der Waals surface area contributed by atoms with Crippen LogP contribution >= 0.6 is 0 Å². The SMILES string of the molecule is C=C1CC(=O)N(CC(CC)CCCC)C1=O. The number of hydrogen-bond donors (Lipinski definition) is 0. The predicted octanol–water partition coefficient (Wildman–Crippen LogP) is 2.52. The molecule has 0 bridgehead atoms. The number of nitrogens with zero attached hydrogens (tertiary/aromatic N) is 1. The Kier molecular flexibility index (Phi) is 4.71. The van der Waals surface area contributed by atoms with Crippen LogP contribution in [0.2, 0.25) is 0 Å². The van der Waals surface area contributed by atoms with Crippen LogP contribution < -0.4 is 0 Å². The van der Waals surface area contributed by atoms with Gasteiger partial charge in [0.1, 0.15) is 0 Å². The van der Waals surface area contributed by atoms with Gasteiger partial charge in [-0.05, 0) is 12.3 Å². The van der Waals surface area contributed by atoms with Crippen molar-refractivity contribution in [1.29, 1.82) is 0 Å². The molecule has 1 saturated heterocycles. The summed E-state index contributed by atoms with van der Waals surface area (Å²) in [5, 5.41) is 0. The standard InChI is InChI=1S/C13H21NO2/c1-4-6-7-11(5-2)9-14-12(15)8-10(3)13(14)16/h11H,3-9H2,1-2H3. The van der Waals surface area contributed by atoms with E-state index in [1.807, 2.05) is 0 Å². The largest absolute Gasteiger partial charge is 0.278 e. The minimum atomic E-state index is -0.167. The fraction of sp³-hybridized carbons (Fsp3) is 0.692. The maximum atomic E-state index is 11.6. The summed E-state index contributed by atoms with van der Waals surface area (Å²) in [6, 6.07) is 0. The highest BCUT2D eigenvalue weighted by Crippen LogP contribution is 2.21. The second-order valence-corrected chi connectivity index (χ2v) is 4.51. The van der Waals surface area contributed by atoms with Crippen molar-refractivity contribution in [2.75, 3.05) is 6.54 Å². The Balaban J connectivity index is 2.54. The van der Waals surface area contributed by atoms with Crippen molar-refractivity contribution in [3.63, 3.8) is 0 Å². The van der Waals surface area contributed by atoms with E-state index in [9.17, 15) is 9.59 Å². The molecule has 1 fully saturated rings. The second-order valence-electron chi connectivity index (χ2n) is 4.51. The molecule has 3 nitrogen and oxygen atoms in total. The van der Waals surface area contributed by atoms with E-state index in [4.69, 9.17) is 0 Å². The Morgan fingerprint density at radius 1 is 1.38 bits per heavy atom. The Bertz CT molecular complexity index is 296. The van der Waals surface area contributed by atoms with E-state index >= 15 is 0 Å². The average molecular weight is 223 g/mol. The normalized spacial score (nSPS) is 18.4. The number of rotatable bonds is 6. The van der Waals surface area contributed by atoms with Crippen LogP contribution in [-0.4, -0.2) is 23.3 Å². The lowest BCUT2D eigenvalue weighted by molar-refractivity contribution is -0.138. The van der Waals surface area contributed by atoms with E-state index in [1.54, 1.807) is 0 Å². The maximum Gasteiger partial charge on any atom is 0.256 e. The number of carbonyl (C=O) groups is 2. The number of unbranched alkanes of at least 4 members (excludes halogenated alkanes) is 1. The van der Waals surface area contributed by atoms with Crippen molar-refractivity contribution in [1.82, 2.24) is 4.90 Å². The Morgan fingerprint density at radius 2 is 2.06 bits per heavy atom. The predicted molar refractivity (Wildman–Crippen MR) is 63.8 cm³/mol. The van der Waals surface area contributed by atoms with Crippen LogP contribution in [0.3, 0.4) is 0 Å². The van der Waals surface area contributed by atoms with Gasteiger partial charge in [-0.25, -0.2) is 0 Å². The lowest BCUT2D eigenvalue weighted by Crippen LogP contribution is -2.34. The summed E-state index contributed by atoms with van der Waals surface area (Å²) < 4.78 is 0. The fourth-order valence-electron chi connectivity index (χ4n) is 2.02. The number of amides is 2. The maximum absolute atomic E-state index is 11.6. The van der Waals surface area contributed by atoms with Crippen LogP contribution in [0.25, 0.3) is 0 Å². The molecule has 1 rings (SSSR count). The minimum Gasteiger partial charge on any atom is -0.278 e. The molecule has 2 amide bonds. The quantitative estimate of drug-likeness (QED) is 0.512. The summed E-state index contributed by atoms with van der Waals surface area (Å²) in [7, 11) is 0. The van der Waals surface area contributed by atoms with E-state index in [-0.39, 0.29) is 18.2 Å². The van der Waals surface area contributed by atoms with Gasteiger partial charge in [0.25, 0.3) is 5.91 Å². The summed E-state index contributed by atoms with van der Waals surface area (Å²) >= 11 is 0. The summed E-state index contributed by atoms with van der Waals surface area (Å²) in [5.41, 5.74) is 0.440. The fourth-order valence-corrected chi connectivity index (χ4v) is 2.02. The van der Waals surface area contributed by atoms with Crippen molar-refractivity contribution in [2.45, 2.75) is 46.0 Å². The third-order valence-electron chi connectivity index (χ3n) is 3.20. The molecule has 0 aromatic heterocycles. The molecule has 1 aliphatic rings. The molecule has 16 heavy (non-hydrogen) atoms. The number of likely N-dealkylation sites (tertiary alicyclic amines) is 1. The molecule has 90 valence electrons. The molecule has 0 saturated carbocycles. The van der Waals surface area contributed by atoms with Crippen LogP contribution in [0, 0.1) is 5.92 Å². The van der Waals surface area contributed by atoms with Gasteiger partial charge in [0.15, 0.2) is 0 Å². The summed E-state index contributed by atoms with van der Waals surface area (Å²) in [5.74, 6) is 0.198. The topological polar surface area (TPSA) is 37.4 Å². The highest BCUT2D eigenvalue weighted by atomic mass is 16.2.